The first-order valence-electron chi connectivity index (χ1n) is 7.95. The molecule has 2 rings (SSSR count). The van der Waals surface area contributed by atoms with Crippen molar-refractivity contribution in [2.24, 2.45) is 0 Å². The molecule has 1 heterocycles. The van der Waals surface area contributed by atoms with Gasteiger partial charge in [-0.2, -0.15) is 9.40 Å². The second-order valence-corrected chi connectivity index (χ2v) is 9.33. The van der Waals surface area contributed by atoms with Gasteiger partial charge in [0.2, 0.25) is 10.0 Å². The van der Waals surface area contributed by atoms with Crippen molar-refractivity contribution in [1.29, 1.82) is 0 Å². The molecule has 0 aliphatic carbocycles. The molecular formula is C16H25BrN4O2S. The molecule has 0 saturated heterocycles. The first kappa shape index (κ1) is 19.2. The Hall–Kier alpha value is -1.12. The molecule has 1 aromatic carbocycles. The lowest BCUT2D eigenvalue weighted by Gasteiger charge is -2.40. The zero-order valence-corrected chi connectivity index (χ0v) is 17.2. The summed E-state index contributed by atoms with van der Waals surface area (Å²) in [5, 5.41) is 8.14. The number of hydrogen-bond donors (Lipinski definition) is 1. The zero-order chi connectivity index (χ0) is 18.1. The highest BCUT2D eigenvalue weighted by Gasteiger charge is 2.34. The second-order valence-electron chi connectivity index (χ2n) is 6.51. The van der Waals surface area contributed by atoms with Crippen LogP contribution in [-0.4, -0.2) is 54.3 Å². The molecule has 0 aliphatic heterocycles. The Balaban J connectivity index is 2.43. The van der Waals surface area contributed by atoms with E-state index in [-0.39, 0.29) is 0 Å². The van der Waals surface area contributed by atoms with Crippen molar-refractivity contribution in [2.75, 3.05) is 30.8 Å². The monoisotopic (exact) mass is 416 g/mol. The molecule has 0 radical (unpaired) electrons. The SMILES string of the molecule is CCN(CC(C)(C)N(CC)S(C)(=O)=O)c1cc(Br)cc2[nH]ncc12. The number of likely N-dealkylation sites (N-methyl/N-ethyl adjacent to an activating group) is 2. The van der Waals surface area contributed by atoms with Gasteiger partial charge in [0.15, 0.2) is 0 Å². The smallest absolute Gasteiger partial charge is 0.211 e. The van der Waals surface area contributed by atoms with Crippen LogP contribution in [0.5, 0.6) is 0 Å². The minimum atomic E-state index is -3.27. The Morgan fingerprint density at radius 3 is 2.46 bits per heavy atom. The van der Waals surface area contributed by atoms with Crippen LogP contribution in [0.3, 0.4) is 0 Å². The maximum absolute atomic E-state index is 12.1. The molecule has 0 spiro atoms. The second kappa shape index (κ2) is 7.01. The van der Waals surface area contributed by atoms with Gasteiger partial charge < -0.3 is 4.90 Å². The number of nitrogens with one attached hydrogen (secondary N) is 1. The number of rotatable bonds is 7. The fourth-order valence-electron chi connectivity index (χ4n) is 3.28. The maximum atomic E-state index is 12.1. The first-order chi connectivity index (χ1) is 11.1. The predicted octanol–water partition coefficient (Wildman–Crippen LogP) is 3.21. The van der Waals surface area contributed by atoms with E-state index in [1.807, 2.05) is 32.9 Å². The van der Waals surface area contributed by atoms with E-state index in [4.69, 9.17) is 0 Å². The number of anilines is 1. The molecule has 1 N–H and O–H groups in total. The molecule has 0 fully saturated rings. The third kappa shape index (κ3) is 3.92. The average Bonchev–Trinajstić information content (AvgIpc) is 2.90. The highest BCUT2D eigenvalue weighted by Crippen LogP contribution is 2.31. The average molecular weight is 417 g/mol. The van der Waals surface area contributed by atoms with Gasteiger partial charge in [-0.3, -0.25) is 5.10 Å². The van der Waals surface area contributed by atoms with Crippen LogP contribution in [0.25, 0.3) is 10.9 Å². The number of halogens is 1. The molecule has 0 aliphatic rings. The number of benzene rings is 1. The highest BCUT2D eigenvalue weighted by atomic mass is 79.9. The Labute approximate surface area is 152 Å². The summed E-state index contributed by atoms with van der Waals surface area (Å²) in [6.07, 6.45) is 3.07. The predicted molar refractivity (Wildman–Crippen MR) is 103 cm³/mol. The van der Waals surface area contributed by atoms with E-state index < -0.39 is 15.6 Å². The minimum Gasteiger partial charge on any atom is -0.369 e. The Morgan fingerprint density at radius 1 is 1.25 bits per heavy atom. The van der Waals surface area contributed by atoms with Crippen LogP contribution in [0.15, 0.2) is 22.8 Å². The van der Waals surface area contributed by atoms with E-state index in [1.165, 1.54) is 6.26 Å². The molecular weight excluding hydrogens is 392 g/mol. The van der Waals surface area contributed by atoms with Crippen molar-refractivity contribution in [2.45, 2.75) is 33.2 Å². The zero-order valence-electron chi connectivity index (χ0n) is 14.8. The van der Waals surface area contributed by atoms with Crippen molar-refractivity contribution < 1.29 is 8.42 Å². The summed E-state index contributed by atoms with van der Waals surface area (Å²) < 4.78 is 26.8. The number of aromatic nitrogens is 2. The lowest BCUT2D eigenvalue weighted by molar-refractivity contribution is 0.241. The molecule has 0 saturated carbocycles. The third-order valence-electron chi connectivity index (χ3n) is 4.16. The maximum Gasteiger partial charge on any atom is 0.211 e. The quantitative estimate of drug-likeness (QED) is 0.751. The molecule has 2 aromatic rings. The number of fused-ring (bicyclic) bond motifs is 1. The summed E-state index contributed by atoms with van der Waals surface area (Å²) >= 11 is 3.54. The highest BCUT2D eigenvalue weighted by molar-refractivity contribution is 9.10. The van der Waals surface area contributed by atoms with Gasteiger partial charge in [-0.1, -0.05) is 22.9 Å². The van der Waals surface area contributed by atoms with E-state index in [9.17, 15) is 8.42 Å². The van der Waals surface area contributed by atoms with Crippen LogP contribution in [0.2, 0.25) is 0 Å². The van der Waals surface area contributed by atoms with E-state index in [1.54, 1.807) is 10.5 Å². The van der Waals surface area contributed by atoms with Gasteiger partial charge in [-0.15, -0.1) is 0 Å². The van der Waals surface area contributed by atoms with Gasteiger partial charge in [-0.25, -0.2) is 8.42 Å². The van der Waals surface area contributed by atoms with Crippen LogP contribution in [0.1, 0.15) is 27.7 Å². The van der Waals surface area contributed by atoms with Crippen LogP contribution in [0.4, 0.5) is 5.69 Å². The number of nitrogens with zero attached hydrogens (tertiary/aromatic N) is 3. The van der Waals surface area contributed by atoms with E-state index in [2.05, 4.69) is 38.0 Å². The standard InChI is InChI=1S/C16H25BrN4O2S/c1-6-20(11-16(3,4)21(7-2)24(5,22)23)15-9-12(17)8-14-13(15)10-18-19-14/h8-10H,6-7,11H2,1-5H3,(H,18,19). The summed E-state index contributed by atoms with van der Waals surface area (Å²) in [7, 11) is -3.27. The molecule has 134 valence electrons. The van der Waals surface area contributed by atoms with Gasteiger partial charge in [0.1, 0.15) is 0 Å². The number of sulfonamides is 1. The molecule has 0 atom stereocenters. The number of H-pyrrole nitrogens is 1. The van der Waals surface area contributed by atoms with Gasteiger partial charge in [-0.05, 0) is 32.9 Å². The summed E-state index contributed by atoms with van der Waals surface area (Å²) in [6, 6.07) is 4.04. The van der Waals surface area contributed by atoms with Gasteiger partial charge in [0.25, 0.3) is 0 Å². The number of hydrogen-bond acceptors (Lipinski definition) is 4. The number of aromatic amines is 1. The molecule has 1 aromatic heterocycles. The van der Waals surface area contributed by atoms with Gasteiger partial charge >= 0.3 is 0 Å². The molecule has 0 bridgehead atoms. The van der Waals surface area contributed by atoms with Crippen LogP contribution < -0.4 is 4.90 Å². The summed E-state index contributed by atoms with van der Waals surface area (Å²) in [5.74, 6) is 0. The normalized spacial score (nSPS) is 13.0. The van der Waals surface area contributed by atoms with Crippen molar-refractivity contribution in [3.63, 3.8) is 0 Å². The largest absolute Gasteiger partial charge is 0.369 e. The fraction of sp³-hybridized carbons (Fsp3) is 0.562. The van der Waals surface area contributed by atoms with Crippen molar-refractivity contribution in [1.82, 2.24) is 14.5 Å². The van der Waals surface area contributed by atoms with E-state index in [0.717, 1.165) is 27.6 Å². The first-order valence-corrected chi connectivity index (χ1v) is 10.6. The topological polar surface area (TPSA) is 69.3 Å². The fourth-order valence-corrected chi connectivity index (χ4v) is 5.15. The van der Waals surface area contributed by atoms with E-state index in [0.29, 0.717) is 13.1 Å². The lowest BCUT2D eigenvalue weighted by Crippen LogP contribution is -2.53. The Kier molecular flexibility index (Phi) is 5.61. The van der Waals surface area contributed by atoms with Crippen molar-refractivity contribution in [3.05, 3.63) is 22.8 Å². The summed E-state index contributed by atoms with van der Waals surface area (Å²) in [4.78, 5) is 2.19. The summed E-state index contributed by atoms with van der Waals surface area (Å²) in [6.45, 7) is 9.66. The minimum absolute atomic E-state index is 0.447. The lowest BCUT2D eigenvalue weighted by atomic mass is 10.0. The van der Waals surface area contributed by atoms with Crippen LogP contribution >= 0.6 is 15.9 Å². The molecule has 24 heavy (non-hydrogen) atoms. The van der Waals surface area contributed by atoms with Crippen LogP contribution in [-0.2, 0) is 10.0 Å². The van der Waals surface area contributed by atoms with Crippen LogP contribution in [0, 0.1) is 0 Å². The molecule has 0 amide bonds. The van der Waals surface area contributed by atoms with Crippen molar-refractivity contribution in [3.8, 4) is 0 Å². The Morgan fingerprint density at radius 2 is 1.92 bits per heavy atom. The molecule has 6 nitrogen and oxygen atoms in total. The van der Waals surface area contributed by atoms with E-state index >= 15 is 0 Å². The summed E-state index contributed by atoms with van der Waals surface area (Å²) in [5.41, 5.74) is 1.45. The molecule has 8 heteroatoms. The van der Waals surface area contributed by atoms with Gasteiger partial charge in [0, 0.05) is 40.7 Å². The third-order valence-corrected chi connectivity index (χ3v) is 6.18. The van der Waals surface area contributed by atoms with Gasteiger partial charge in [0.05, 0.1) is 18.0 Å². The molecule has 0 unspecified atom stereocenters. The Bertz CT molecular complexity index is 817. The van der Waals surface area contributed by atoms with Crippen molar-refractivity contribution >= 4 is 42.5 Å².